The van der Waals surface area contributed by atoms with Crippen LogP contribution in [0.4, 0.5) is 0 Å². The van der Waals surface area contributed by atoms with Crippen LogP contribution in [0.3, 0.4) is 0 Å². The molecule has 0 aromatic carbocycles. The fourth-order valence-electron chi connectivity index (χ4n) is 0.0680. The molecule has 60 valence electrons. The molecular formula is C9H18O. The third-order valence-corrected chi connectivity index (χ3v) is 0.192. The molecular weight excluding hydrogens is 124 g/mol. The predicted molar refractivity (Wildman–Crippen MR) is 46.6 cm³/mol. The molecule has 0 aliphatic heterocycles. The minimum atomic E-state index is 0.500. The van der Waals surface area contributed by atoms with Crippen LogP contribution >= 0.6 is 0 Å². The fourth-order valence-corrected chi connectivity index (χ4v) is 0.0680. The molecule has 1 heteroatoms. The van der Waals surface area contributed by atoms with E-state index < -0.39 is 0 Å². The summed E-state index contributed by atoms with van der Waals surface area (Å²) < 4.78 is 4.36. The summed E-state index contributed by atoms with van der Waals surface area (Å²) in [5, 5.41) is 0. The van der Waals surface area contributed by atoms with E-state index >= 15 is 0 Å². The molecule has 10 heavy (non-hydrogen) atoms. The summed E-state index contributed by atoms with van der Waals surface area (Å²) in [5.41, 5.74) is 0.500. The van der Waals surface area contributed by atoms with Crippen LogP contribution in [0.25, 0.3) is 0 Å². The van der Waals surface area contributed by atoms with E-state index in [0.717, 1.165) is 0 Å². The first-order valence-corrected chi connectivity index (χ1v) is 3.29. The summed E-state index contributed by atoms with van der Waals surface area (Å²) in [6.07, 6.45) is 2.62. The van der Waals surface area contributed by atoms with Gasteiger partial charge in [0, 0.05) is 0 Å². The van der Waals surface area contributed by atoms with Gasteiger partial charge in [-0.15, -0.1) is 0 Å². The van der Waals surface area contributed by atoms with Gasteiger partial charge < -0.3 is 4.74 Å². The summed E-state index contributed by atoms with van der Waals surface area (Å²) in [5.74, 6) is 0. The van der Waals surface area contributed by atoms with Gasteiger partial charge in [0.1, 0.15) is 0 Å². The third-order valence-electron chi connectivity index (χ3n) is 0.192. The maximum atomic E-state index is 4.36. The maximum absolute atomic E-state index is 4.36. The van der Waals surface area contributed by atoms with Gasteiger partial charge in [0.05, 0.1) is 12.5 Å². The zero-order chi connectivity index (χ0) is 8.62. The topological polar surface area (TPSA) is 9.23 Å². The van der Waals surface area contributed by atoms with Gasteiger partial charge in [0.25, 0.3) is 0 Å². The molecule has 0 N–H and O–H groups in total. The maximum Gasteiger partial charge on any atom is 0.0829 e. The minimum Gasteiger partial charge on any atom is -0.474 e. The van der Waals surface area contributed by atoms with Crippen LogP contribution < -0.4 is 0 Å². The summed E-state index contributed by atoms with van der Waals surface area (Å²) >= 11 is 0. The number of hydrogen-bond acceptors (Lipinski definition) is 1. The summed E-state index contributed by atoms with van der Waals surface area (Å²) in [6, 6.07) is 0. The number of rotatable bonds is 2. The molecule has 0 aromatic rings. The van der Waals surface area contributed by atoms with Gasteiger partial charge in [-0.1, -0.05) is 40.9 Å². The largest absolute Gasteiger partial charge is 0.474 e. The van der Waals surface area contributed by atoms with Crippen molar-refractivity contribution in [2.75, 3.05) is 0 Å². The number of ether oxygens (including phenoxy) is 1. The van der Waals surface area contributed by atoms with E-state index in [1.165, 1.54) is 12.5 Å². The van der Waals surface area contributed by atoms with Crippen molar-refractivity contribution in [2.45, 2.75) is 27.7 Å². The van der Waals surface area contributed by atoms with Crippen LogP contribution in [0.15, 0.2) is 25.7 Å². The normalized spacial score (nSPS) is 8.80. The van der Waals surface area contributed by atoms with Gasteiger partial charge in [-0.05, 0) is 5.41 Å². The molecule has 0 heterocycles. The van der Waals surface area contributed by atoms with Gasteiger partial charge in [-0.3, -0.25) is 0 Å². The first-order valence-electron chi connectivity index (χ1n) is 3.29. The van der Waals surface area contributed by atoms with E-state index in [1.807, 2.05) is 0 Å². The van der Waals surface area contributed by atoms with Crippen molar-refractivity contribution in [1.82, 2.24) is 0 Å². The highest BCUT2D eigenvalue weighted by Crippen LogP contribution is 2.07. The van der Waals surface area contributed by atoms with Crippen LogP contribution in [-0.2, 0) is 4.74 Å². The molecule has 0 bridgehead atoms. The Labute approximate surface area is 64.4 Å². The first kappa shape index (κ1) is 12.0. The molecule has 0 unspecified atom stereocenters. The fraction of sp³-hybridized carbons (Fsp3) is 0.556. The second-order valence-corrected chi connectivity index (χ2v) is 3.47. The quantitative estimate of drug-likeness (QED) is 0.537. The molecule has 0 amide bonds. The van der Waals surface area contributed by atoms with Crippen molar-refractivity contribution in [1.29, 1.82) is 0 Å². The molecule has 0 radical (unpaired) electrons. The van der Waals surface area contributed by atoms with Crippen molar-refractivity contribution in [3.8, 4) is 0 Å². The van der Waals surface area contributed by atoms with E-state index in [-0.39, 0.29) is 0 Å². The molecule has 0 atom stereocenters. The van der Waals surface area contributed by atoms with Crippen LogP contribution in [0.2, 0.25) is 0 Å². The lowest BCUT2D eigenvalue weighted by Gasteiger charge is -2.05. The smallest absolute Gasteiger partial charge is 0.0829 e. The van der Waals surface area contributed by atoms with Crippen LogP contribution in [0, 0.1) is 5.41 Å². The van der Waals surface area contributed by atoms with Gasteiger partial charge in [-0.2, -0.15) is 0 Å². The second-order valence-electron chi connectivity index (χ2n) is 3.47. The van der Waals surface area contributed by atoms with E-state index in [0.29, 0.717) is 5.41 Å². The summed E-state index contributed by atoms with van der Waals surface area (Å²) in [6.45, 7) is 15.3. The Hall–Kier alpha value is -0.720. The monoisotopic (exact) mass is 142 g/mol. The molecule has 0 saturated heterocycles. The number of hydrogen-bond donors (Lipinski definition) is 0. The van der Waals surface area contributed by atoms with E-state index in [9.17, 15) is 0 Å². The third kappa shape index (κ3) is 175. The molecule has 0 aliphatic rings. The lowest BCUT2D eigenvalue weighted by atomic mass is 10.0. The Morgan fingerprint density at radius 1 is 1.00 bits per heavy atom. The zero-order valence-corrected chi connectivity index (χ0v) is 7.48. The average Bonchev–Trinajstić information content (AvgIpc) is 1.63. The predicted octanol–water partition coefficient (Wildman–Crippen LogP) is 3.34. The first-order chi connectivity index (χ1) is 4.41. The standard InChI is InChI=1S/C5H12.C4H6O/c1-5(2,3)4;1-3-5-4-2/h1-4H3;3-4H,1-2H2. The van der Waals surface area contributed by atoms with Gasteiger partial charge in [0.2, 0.25) is 0 Å². The molecule has 0 spiro atoms. The van der Waals surface area contributed by atoms with Crippen LogP contribution in [0.1, 0.15) is 27.7 Å². The molecule has 0 fully saturated rings. The lowest BCUT2D eigenvalue weighted by Crippen LogP contribution is -1.93. The zero-order valence-electron chi connectivity index (χ0n) is 7.48. The highest BCUT2D eigenvalue weighted by Gasteiger charge is 1.95. The van der Waals surface area contributed by atoms with E-state index in [1.54, 1.807) is 0 Å². The van der Waals surface area contributed by atoms with Gasteiger partial charge in [-0.25, -0.2) is 0 Å². The molecule has 0 rings (SSSR count). The minimum absolute atomic E-state index is 0.500. The van der Waals surface area contributed by atoms with Crippen molar-refractivity contribution >= 4 is 0 Å². The Kier molecular flexibility index (Phi) is 7.68. The van der Waals surface area contributed by atoms with E-state index in [4.69, 9.17) is 0 Å². The average molecular weight is 142 g/mol. The Morgan fingerprint density at radius 2 is 1.20 bits per heavy atom. The van der Waals surface area contributed by atoms with Crippen LogP contribution in [-0.4, -0.2) is 0 Å². The van der Waals surface area contributed by atoms with Crippen molar-refractivity contribution < 1.29 is 4.74 Å². The van der Waals surface area contributed by atoms with Crippen molar-refractivity contribution in [3.63, 3.8) is 0 Å². The highest BCUT2D eigenvalue weighted by atomic mass is 16.5. The molecule has 1 nitrogen and oxygen atoms in total. The lowest BCUT2D eigenvalue weighted by molar-refractivity contribution is 0.406. The highest BCUT2D eigenvalue weighted by molar-refractivity contribution is 4.57. The Morgan fingerprint density at radius 3 is 1.20 bits per heavy atom. The van der Waals surface area contributed by atoms with E-state index in [2.05, 4.69) is 45.6 Å². The molecule has 0 saturated carbocycles. The SMILES string of the molecule is C=COC=C.CC(C)(C)C. The molecule has 0 aromatic heterocycles. The Bertz CT molecular complexity index is 75.4. The van der Waals surface area contributed by atoms with Gasteiger partial charge >= 0.3 is 0 Å². The van der Waals surface area contributed by atoms with Crippen molar-refractivity contribution in [2.24, 2.45) is 5.41 Å². The second kappa shape index (κ2) is 6.40. The summed E-state index contributed by atoms with van der Waals surface area (Å²) in [4.78, 5) is 0. The van der Waals surface area contributed by atoms with Crippen molar-refractivity contribution in [3.05, 3.63) is 25.7 Å². The van der Waals surface area contributed by atoms with Gasteiger partial charge in [0.15, 0.2) is 0 Å². The molecule has 0 aliphatic carbocycles. The van der Waals surface area contributed by atoms with Crippen LogP contribution in [0.5, 0.6) is 0 Å². The summed E-state index contributed by atoms with van der Waals surface area (Å²) in [7, 11) is 0. The Balaban J connectivity index is 0.